The standard InChI is InChI=1S/C14H10Cl3NO.C13H10Cl2/c15-9-13(19)18(10-5-2-1-3-6-10)14-11(16)7-4-8-12(14)17;14-12-7-4-8-13(15)11(12)9-10-5-2-1-3-6-10/h1-8H,9H2;1-8H,9H2. The van der Waals surface area contributed by atoms with E-state index in [0.717, 1.165) is 22.0 Å². The van der Waals surface area contributed by atoms with Crippen LogP contribution in [-0.4, -0.2) is 11.8 Å². The van der Waals surface area contributed by atoms with Gasteiger partial charge in [-0.1, -0.05) is 107 Å². The van der Waals surface area contributed by atoms with Gasteiger partial charge in [0.05, 0.1) is 15.7 Å². The number of para-hydroxylation sites is 2. The molecule has 0 saturated heterocycles. The number of carbonyl (C=O) groups excluding carboxylic acids is 1. The van der Waals surface area contributed by atoms with Gasteiger partial charge in [-0.15, -0.1) is 11.6 Å². The molecule has 0 radical (unpaired) electrons. The van der Waals surface area contributed by atoms with E-state index in [-0.39, 0.29) is 11.8 Å². The van der Waals surface area contributed by atoms with Crippen molar-refractivity contribution >= 4 is 75.3 Å². The first-order valence-electron chi connectivity index (χ1n) is 10.3. The number of nitrogens with zero attached hydrogens (tertiary/aromatic N) is 1. The molecule has 0 saturated carbocycles. The van der Waals surface area contributed by atoms with E-state index >= 15 is 0 Å². The minimum absolute atomic E-state index is 0.156. The highest BCUT2D eigenvalue weighted by atomic mass is 35.5. The first kappa shape index (κ1) is 26.4. The Bertz CT molecular complexity index is 1190. The summed E-state index contributed by atoms with van der Waals surface area (Å²) >= 11 is 30.2. The van der Waals surface area contributed by atoms with Crippen LogP contribution in [0.1, 0.15) is 11.1 Å². The molecule has 0 aromatic heterocycles. The Kier molecular flexibility index (Phi) is 10.1. The number of alkyl halides is 1. The Morgan fingerprint density at radius 3 is 1.59 bits per heavy atom. The second kappa shape index (κ2) is 13.0. The molecule has 4 rings (SSSR count). The zero-order chi connectivity index (χ0) is 24.5. The van der Waals surface area contributed by atoms with E-state index in [0.29, 0.717) is 21.4 Å². The Hall–Kier alpha value is -2.20. The van der Waals surface area contributed by atoms with Gasteiger partial charge in [-0.2, -0.15) is 0 Å². The van der Waals surface area contributed by atoms with Crippen LogP contribution >= 0.6 is 58.0 Å². The van der Waals surface area contributed by atoms with Crippen molar-refractivity contribution in [2.75, 3.05) is 10.8 Å². The molecule has 0 spiro atoms. The quantitative estimate of drug-likeness (QED) is 0.226. The SMILES string of the molecule is Clc1cccc(Cl)c1Cc1ccccc1.O=C(CCl)N(c1ccccc1)c1c(Cl)cccc1Cl. The third kappa shape index (κ3) is 6.91. The maximum Gasteiger partial charge on any atom is 0.246 e. The van der Waals surface area contributed by atoms with Gasteiger partial charge in [0.2, 0.25) is 5.91 Å². The predicted octanol–water partition coefficient (Wildman–Crippen LogP) is 9.48. The summed E-state index contributed by atoms with van der Waals surface area (Å²) < 4.78 is 0. The fourth-order valence-electron chi connectivity index (χ4n) is 3.24. The van der Waals surface area contributed by atoms with Crippen molar-refractivity contribution < 1.29 is 4.79 Å². The molecule has 1 amide bonds. The summed E-state index contributed by atoms with van der Waals surface area (Å²) in [5.74, 6) is -0.445. The predicted molar refractivity (Wildman–Crippen MR) is 146 cm³/mol. The number of carbonyl (C=O) groups is 1. The van der Waals surface area contributed by atoms with Crippen LogP contribution in [0.3, 0.4) is 0 Å². The van der Waals surface area contributed by atoms with E-state index in [9.17, 15) is 4.79 Å². The monoisotopic (exact) mass is 549 g/mol. The number of halogens is 5. The van der Waals surface area contributed by atoms with E-state index in [2.05, 4.69) is 12.1 Å². The molecule has 0 unspecified atom stereocenters. The minimum atomic E-state index is -0.289. The molecule has 34 heavy (non-hydrogen) atoms. The van der Waals surface area contributed by atoms with Crippen LogP contribution in [0, 0.1) is 0 Å². The van der Waals surface area contributed by atoms with Crippen LogP contribution < -0.4 is 4.90 Å². The summed E-state index contributed by atoms with van der Waals surface area (Å²) in [6.07, 6.45) is 0.777. The average Bonchev–Trinajstić information content (AvgIpc) is 2.85. The van der Waals surface area contributed by atoms with E-state index in [4.69, 9.17) is 58.0 Å². The van der Waals surface area contributed by atoms with Gasteiger partial charge >= 0.3 is 0 Å². The smallest absolute Gasteiger partial charge is 0.246 e. The summed E-state index contributed by atoms with van der Waals surface area (Å²) in [5, 5.41) is 2.25. The highest BCUT2D eigenvalue weighted by molar-refractivity contribution is 6.41. The number of anilines is 2. The van der Waals surface area contributed by atoms with Gasteiger partial charge in [-0.3, -0.25) is 9.69 Å². The van der Waals surface area contributed by atoms with Gasteiger partial charge in [0.15, 0.2) is 0 Å². The summed E-state index contributed by atoms with van der Waals surface area (Å²) in [5.41, 5.74) is 3.32. The molecule has 4 aromatic rings. The number of hydrogen-bond acceptors (Lipinski definition) is 1. The van der Waals surface area contributed by atoms with Crippen molar-refractivity contribution in [3.8, 4) is 0 Å². The highest BCUT2D eigenvalue weighted by Gasteiger charge is 2.21. The van der Waals surface area contributed by atoms with Crippen LogP contribution in [0.4, 0.5) is 11.4 Å². The molecule has 7 heteroatoms. The fourth-order valence-corrected chi connectivity index (χ4v) is 4.46. The molecule has 174 valence electrons. The van der Waals surface area contributed by atoms with Crippen molar-refractivity contribution in [3.63, 3.8) is 0 Å². The second-order valence-electron chi connectivity index (χ2n) is 7.13. The summed E-state index contributed by atoms with van der Waals surface area (Å²) in [7, 11) is 0. The molecular formula is C27H20Cl5NO. The largest absolute Gasteiger partial charge is 0.277 e. The lowest BCUT2D eigenvalue weighted by Gasteiger charge is -2.24. The highest BCUT2D eigenvalue weighted by Crippen LogP contribution is 2.38. The molecule has 0 aliphatic rings. The Labute approximate surface area is 224 Å². The van der Waals surface area contributed by atoms with Crippen molar-refractivity contribution in [2.24, 2.45) is 0 Å². The topological polar surface area (TPSA) is 20.3 Å². The lowest BCUT2D eigenvalue weighted by molar-refractivity contribution is -0.115. The van der Waals surface area contributed by atoms with E-state index in [1.165, 1.54) is 10.5 Å². The van der Waals surface area contributed by atoms with Gasteiger partial charge in [0.1, 0.15) is 5.88 Å². The second-order valence-corrected chi connectivity index (χ2v) is 9.03. The average molecular weight is 552 g/mol. The van der Waals surface area contributed by atoms with Crippen LogP contribution in [0.25, 0.3) is 0 Å². The maximum absolute atomic E-state index is 12.1. The Morgan fingerprint density at radius 1 is 0.618 bits per heavy atom. The molecule has 0 heterocycles. The van der Waals surface area contributed by atoms with Crippen molar-refractivity contribution in [3.05, 3.63) is 128 Å². The summed E-state index contributed by atoms with van der Waals surface area (Å²) in [6, 6.07) is 30.0. The van der Waals surface area contributed by atoms with Crippen LogP contribution in [-0.2, 0) is 11.2 Å². The number of rotatable bonds is 5. The van der Waals surface area contributed by atoms with Crippen LogP contribution in [0.2, 0.25) is 20.1 Å². The molecule has 4 aromatic carbocycles. The van der Waals surface area contributed by atoms with Gasteiger partial charge in [-0.25, -0.2) is 0 Å². The minimum Gasteiger partial charge on any atom is -0.277 e. The van der Waals surface area contributed by atoms with E-state index in [1.54, 1.807) is 30.3 Å². The summed E-state index contributed by atoms with van der Waals surface area (Å²) in [6.45, 7) is 0. The zero-order valence-corrected chi connectivity index (χ0v) is 21.7. The zero-order valence-electron chi connectivity index (χ0n) is 17.9. The van der Waals surface area contributed by atoms with Gasteiger partial charge in [0, 0.05) is 22.2 Å². The molecule has 0 N–H and O–H groups in total. The third-order valence-corrected chi connectivity index (χ3v) is 6.37. The van der Waals surface area contributed by atoms with Gasteiger partial charge < -0.3 is 0 Å². The van der Waals surface area contributed by atoms with E-state index in [1.807, 2.05) is 54.6 Å². The van der Waals surface area contributed by atoms with Crippen molar-refractivity contribution in [1.82, 2.24) is 0 Å². The maximum atomic E-state index is 12.1. The lowest BCUT2D eigenvalue weighted by atomic mass is 10.1. The Balaban J connectivity index is 0.000000196. The molecule has 0 bridgehead atoms. The van der Waals surface area contributed by atoms with Gasteiger partial charge in [-0.05, 0) is 47.5 Å². The Morgan fingerprint density at radius 2 is 1.09 bits per heavy atom. The fraction of sp³-hybridized carbons (Fsp3) is 0.0741. The molecule has 0 aliphatic carbocycles. The number of benzene rings is 4. The molecule has 0 atom stereocenters. The lowest BCUT2D eigenvalue weighted by Crippen LogP contribution is -2.27. The van der Waals surface area contributed by atoms with Crippen LogP contribution in [0.15, 0.2) is 97.1 Å². The van der Waals surface area contributed by atoms with Crippen molar-refractivity contribution in [2.45, 2.75) is 6.42 Å². The molecule has 2 nitrogen and oxygen atoms in total. The van der Waals surface area contributed by atoms with Crippen LogP contribution in [0.5, 0.6) is 0 Å². The number of hydrogen-bond donors (Lipinski definition) is 0. The first-order valence-corrected chi connectivity index (χ1v) is 12.3. The molecule has 0 aliphatic heterocycles. The van der Waals surface area contributed by atoms with E-state index < -0.39 is 0 Å². The number of amides is 1. The van der Waals surface area contributed by atoms with Crippen molar-refractivity contribution in [1.29, 1.82) is 0 Å². The first-order chi connectivity index (χ1) is 16.4. The third-order valence-electron chi connectivity index (χ3n) is 4.82. The molecular weight excluding hydrogens is 532 g/mol. The molecule has 0 fully saturated rings. The normalized spacial score (nSPS) is 10.3. The van der Waals surface area contributed by atoms with Gasteiger partial charge in [0.25, 0.3) is 0 Å². The summed E-state index contributed by atoms with van der Waals surface area (Å²) in [4.78, 5) is 13.5.